The molecule has 2 aromatic heterocycles. The molecule has 96 valence electrons. The maximum Gasteiger partial charge on any atom is 0.331 e. The highest BCUT2D eigenvalue weighted by Gasteiger charge is 2.37. The van der Waals surface area contributed by atoms with E-state index in [0.717, 1.165) is 9.35 Å². The van der Waals surface area contributed by atoms with Crippen LogP contribution in [0.3, 0.4) is 0 Å². The average Bonchev–Trinajstić information content (AvgIpc) is 2.95. The summed E-state index contributed by atoms with van der Waals surface area (Å²) in [6, 6.07) is 1.87. The van der Waals surface area contributed by atoms with Gasteiger partial charge in [-0.2, -0.15) is 0 Å². The lowest BCUT2D eigenvalue weighted by atomic mass is 9.99. The van der Waals surface area contributed by atoms with E-state index < -0.39 is 11.5 Å². The van der Waals surface area contributed by atoms with Crippen LogP contribution in [0.4, 0.5) is 0 Å². The second-order valence-corrected chi connectivity index (χ2v) is 6.28. The van der Waals surface area contributed by atoms with E-state index in [4.69, 9.17) is 0 Å². The van der Waals surface area contributed by atoms with Crippen LogP contribution in [0.5, 0.6) is 0 Å². The summed E-state index contributed by atoms with van der Waals surface area (Å²) in [6.07, 6.45) is 0.395. The summed E-state index contributed by atoms with van der Waals surface area (Å²) in [7, 11) is 0. The molecule has 0 saturated heterocycles. The van der Waals surface area contributed by atoms with Crippen molar-refractivity contribution in [3.63, 3.8) is 0 Å². The van der Waals surface area contributed by atoms with Crippen molar-refractivity contribution in [1.82, 2.24) is 20.2 Å². The zero-order valence-electron chi connectivity index (χ0n) is 9.79. The Morgan fingerprint density at radius 2 is 2.39 bits per heavy atom. The van der Waals surface area contributed by atoms with Crippen molar-refractivity contribution in [3.8, 4) is 11.4 Å². The van der Waals surface area contributed by atoms with E-state index in [1.165, 1.54) is 16.0 Å². The molecule has 0 aliphatic heterocycles. The predicted molar refractivity (Wildman–Crippen MR) is 70.4 cm³/mol. The lowest BCUT2D eigenvalue weighted by Crippen LogP contribution is -2.39. The summed E-state index contributed by atoms with van der Waals surface area (Å²) in [5.41, 5.74) is -0.342. The molecule has 0 spiro atoms. The normalized spacial score (nSPS) is 14.4. The van der Waals surface area contributed by atoms with Gasteiger partial charge in [0, 0.05) is 10.9 Å². The van der Waals surface area contributed by atoms with Gasteiger partial charge in [-0.3, -0.25) is 0 Å². The molecule has 0 aliphatic carbocycles. The van der Waals surface area contributed by atoms with E-state index >= 15 is 0 Å². The molecule has 0 aromatic carbocycles. The van der Waals surface area contributed by atoms with E-state index in [0.29, 0.717) is 12.2 Å². The van der Waals surface area contributed by atoms with Crippen LogP contribution in [0.1, 0.15) is 20.3 Å². The fourth-order valence-electron chi connectivity index (χ4n) is 1.52. The molecule has 0 fully saturated rings. The van der Waals surface area contributed by atoms with Crippen LogP contribution in [0.15, 0.2) is 15.2 Å². The summed E-state index contributed by atoms with van der Waals surface area (Å²) >= 11 is 4.86. The summed E-state index contributed by atoms with van der Waals surface area (Å²) in [6.45, 7) is 3.40. The molecule has 1 unspecified atom stereocenters. The minimum Gasteiger partial charge on any atom is -0.479 e. The molecular formula is C10H11BrN4O2S. The minimum atomic E-state index is -1.15. The van der Waals surface area contributed by atoms with Crippen molar-refractivity contribution >= 4 is 33.2 Å². The number of tetrazole rings is 1. The number of hydrogen-bond acceptors (Lipinski definition) is 5. The lowest BCUT2D eigenvalue weighted by Gasteiger charge is -2.23. The summed E-state index contributed by atoms with van der Waals surface area (Å²) in [5.74, 6) is -0.489. The number of halogens is 1. The van der Waals surface area contributed by atoms with Crippen molar-refractivity contribution < 1.29 is 9.90 Å². The van der Waals surface area contributed by atoms with Gasteiger partial charge in [-0.15, -0.1) is 16.4 Å². The molecule has 2 rings (SSSR count). The van der Waals surface area contributed by atoms with Gasteiger partial charge < -0.3 is 5.11 Å². The van der Waals surface area contributed by atoms with Crippen LogP contribution in [-0.2, 0) is 10.3 Å². The molecule has 0 saturated carbocycles. The third-order valence-electron chi connectivity index (χ3n) is 2.91. The lowest BCUT2D eigenvalue weighted by molar-refractivity contribution is -0.147. The second kappa shape index (κ2) is 4.77. The molecule has 18 heavy (non-hydrogen) atoms. The Kier molecular flexibility index (Phi) is 3.49. The molecule has 1 N–H and O–H groups in total. The Bertz CT molecular complexity index is 582. The first-order valence-electron chi connectivity index (χ1n) is 5.25. The van der Waals surface area contributed by atoms with E-state index in [9.17, 15) is 9.90 Å². The van der Waals surface area contributed by atoms with Crippen LogP contribution in [0.2, 0.25) is 0 Å². The molecule has 0 amide bonds. The molecule has 2 heterocycles. The van der Waals surface area contributed by atoms with Crippen molar-refractivity contribution in [3.05, 3.63) is 15.2 Å². The molecule has 0 radical (unpaired) electrons. The number of hydrogen-bond donors (Lipinski definition) is 1. The van der Waals surface area contributed by atoms with Crippen molar-refractivity contribution in [1.29, 1.82) is 0 Å². The number of aliphatic carboxylic acids is 1. The average molecular weight is 331 g/mol. The van der Waals surface area contributed by atoms with Gasteiger partial charge in [-0.05, 0) is 45.8 Å². The number of nitrogens with zero attached hydrogens (tertiary/aromatic N) is 4. The van der Waals surface area contributed by atoms with Crippen molar-refractivity contribution in [2.45, 2.75) is 25.8 Å². The van der Waals surface area contributed by atoms with Gasteiger partial charge in [0.15, 0.2) is 11.4 Å². The summed E-state index contributed by atoms with van der Waals surface area (Å²) < 4.78 is 2.31. The largest absolute Gasteiger partial charge is 0.479 e. The van der Waals surface area contributed by atoms with Gasteiger partial charge in [0.05, 0.1) is 3.79 Å². The zero-order chi connectivity index (χ0) is 13.3. The van der Waals surface area contributed by atoms with Gasteiger partial charge in [0.25, 0.3) is 0 Å². The second-order valence-electron chi connectivity index (χ2n) is 3.99. The van der Waals surface area contributed by atoms with Gasteiger partial charge in [-0.25, -0.2) is 9.48 Å². The quantitative estimate of drug-likeness (QED) is 0.930. The van der Waals surface area contributed by atoms with Gasteiger partial charge in [0.2, 0.25) is 0 Å². The van der Waals surface area contributed by atoms with E-state index in [2.05, 4.69) is 31.5 Å². The molecule has 6 nitrogen and oxygen atoms in total. The van der Waals surface area contributed by atoms with E-state index in [-0.39, 0.29) is 0 Å². The fraction of sp³-hybridized carbons (Fsp3) is 0.400. The highest BCUT2D eigenvalue weighted by Crippen LogP contribution is 2.30. The Labute approximate surface area is 116 Å². The number of aromatic nitrogens is 4. The van der Waals surface area contributed by atoms with Crippen LogP contribution >= 0.6 is 27.3 Å². The number of carboxylic acid groups (broad SMARTS) is 1. The zero-order valence-corrected chi connectivity index (χ0v) is 12.2. The highest BCUT2D eigenvalue weighted by atomic mass is 79.9. The molecule has 8 heteroatoms. The van der Waals surface area contributed by atoms with Crippen LogP contribution in [-0.4, -0.2) is 31.3 Å². The Balaban J connectivity index is 2.54. The van der Waals surface area contributed by atoms with Crippen molar-refractivity contribution in [2.75, 3.05) is 0 Å². The molecule has 0 aliphatic rings. The maximum absolute atomic E-state index is 11.4. The van der Waals surface area contributed by atoms with Crippen LogP contribution in [0.25, 0.3) is 11.4 Å². The maximum atomic E-state index is 11.4. The standard InChI is InChI=1S/C10H11BrN4O2S/c1-3-10(2,9(16)17)15-8(12-13-14-15)6-4-7(11)18-5-6/h4-5H,3H2,1-2H3,(H,16,17). The third kappa shape index (κ3) is 2.05. The smallest absolute Gasteiger partial charge is 0.331 e. The molecular weight excluding hydrogens is 320 g/mol. The van der Waals surface area contributed by atoms with E-state index in [1.807, 2.05) is 11.4 Å². The molecule has 1 atom stereocenters. The first kappa shape index (κ1) is 13.2. The molecule has 0 bridgehead atoms. The van der Waals surface area contributed by atoms with Gasteiger partial charge >= 0.3 is 5.97 Å². The van der Waals surface area contributed by atoms with Gasteiger partial charge in [0.1, 0.15) is 0 Å². The van der Waals surface area contributed by atoms with Crippen molar-refractivity contribution in [2.24, 2.45) is 0 Å². The summed E-state index contributed by atoms with van der Waals surface area (Å²) in [4.78, 5) is 11.4. The summed E-state index contributed by atoms with van der Waals surface area (Å²) in [5, 5.41) is 22.6. The SMILES string of the molecule is CCC(C)(C(=O)O)n1nnnc1-c1csc(Br)c1. The Morgan fingerprint density at radius 3 is 2.89 bits per heavy atom. The Morgan fingerprint density at radius 1 is 1.67 bits per heavy atom. The number of thiophene rings is 1. The van der Waals surface area contributed by atoms with Crippen LogP contribution in [0, 0.1) is 0 Å². The minimum absolute atomic E-state index is 0.395. The van der Waals surface area contributed by atoms with E-state index in [1.54, 1.807) is 13.8 Å². The predicted octanol–water partition coefficient (Wildman–Crippen LogP) is 2.37. The monoisotopic (exact) mass is 330 g/mol. The number of carboxylic acids is 1. The first-order chi connectivity index (χ1) is 8.49. The highest BCUT2D eigenvalue weighted by molar-refractivity contribution is 9.11. The van der Waals surface area contributed by atoms with Gasteiger partial charge in [-0.1, -0.05) is 6.92 Å². The van der Waals surface area contributed by atoms with Crippen LogP contribution < -0.4 is 0 Å². The third-order valence-corrected chi connectivity index (χ3v) is 4.42. The number of rotatable bonds is 4. The Hall–Kier alpha value is -1.28. The number of carbonyl (C=O) groups is 1. The topological polar surface area (TPSA) is 80.9 Å². The molecule has 2 aromatic rings. The first-order valence-corrected chi connectivity index (χ1v) is 6.93. The fourth-order valence-corrected chi connectivity index (χ4v) is 2.65.